The summed E-state index contributed by atoms with van der Waals surface area (Å²) in [6.07, 6.45) is 1.64. The third-order valence-electron chi connectivity index (χ3n) is 4.27. The van der Waals surface area contributed by atoms with E-state index in [2.05, 4.69) is 48.4 Å². The number of hydrogen-bond acceptors (Lipinski definition) is 6. The van der Waals surface area contributed by atoms with Gasteiger partial charge in [-0.05, 0) is 71.1 Å². The number of halogens is 1. The number of benzene rings is 2. The molecule has 0 bridgehead atoms. The first kappa shape index (κ1) is 21.3. The van der Waals surface area contributed by atoms with E-state index in [-0.39, 0.29) is 11.7 Å². The van der Waals surface area contributed by atoms with Crippen LogP contribution in [0.2, 0.25) is 0 Å². The minimum absolute atomic E-state index is 0.148. The number of pyridine rings is 1. The van der Waals surface area contributed by atoms with Crippen molar-refractivity contribution >= 4 is 51.8 Å². The number of aromatic nitrogens is 4. The van der Waals surface area contributed by atoms with Crippen LogP contribution in [-0.4, -0.2) is 31.4 Å². The molecule has 2 heterocycles. The fraction of sp³-hybridized carbons (Fsp3) is 0.0909. The Morgan fingerprint density at radius 3 is 2.48 bits per heavy atom. The zero-order chi connectivity index (χ0) is 21.5. The van der Waals surface area contributed by atoms with Gasteiger partial charge in [0.2, 0.25) is 5.91 Å². The molecule has 2 aromatic carbocycles. The van der Waals surface area contributed by atoms with Crippen LogP contribution in [0, 0.1) is 3.57 Å². The van der Waals surface area contributed by atoms with Gasteiger partial charge in [-0.25, -0.2) is 4.98 Å². The number of anilines is 2. The molecule has 0 spiro atoms. The monoisotopic (exact) mass is 542 g/mol. The lowest BCUT2D eigenvalue weighted by atomic mass is 10.3. The summed E-state index contributed by atoms with van der Waals surface area (Å²) < 4.78 is 3.15. The van der Waals surface area contributed by atoms with Crippen LogP contribution in [0.1, 0.15) is 5.82 Å². The number of nitrogens with one attached hydrogen (secondary N) is 2. The standard InChI is InChI=1S/C22H19IN6OS/c23-16-9-11-17(12-10-16)25-14-20-27-28-22(29(20)18-6-2-1-3-7-18)31-15-21(30)26-19-8-4-5-13-24-19/h1-13,25H,14-15H2,(H,24,26,30). The van der Waals surface area contributed by atoms with E-state index in [0.29, 0.717) is 17.5 Å². The maximum absolute atomic E-state index is 12.3. The summed E-state index contributed by atoms with van der Waals surface area (Å²) in [5.74, 6) is 1.34. The van der Waals surface area contributed by atoms with Crippen LogP contribution in [0.15, 0.2) is 84.1 Å². The second-order valence-electron chi connectivity index (χ2n) is 6.48. The maximum Gasteiger partial charge on any atom is 0.236 e. The molecular weight excluding hydrogens is 523 g/mol. The van der Waals surface area contributed by atoms with E-state index in [1.807, 2.05) is 65.2 Å². The summed E-state index contributed by atoms with van der Waals surface area (Å²) in [6.45, 7) is 0.503. The lowest BCUT2D eigenvalue weighted by Gasteiger charge is -2.11. The predicted molar refractivity (Wildman–Crippen MR) is 131 cm³/mol. The van der Waals surface area contributed by atoms with Gasteiger partial charge in [-0.15, -0.1) is 10.2 Å². The molecule has 156 valence electrons. The third-order valence-corrected chi connectivity index (χ3v) is 5.92. The molecule has 0 unspecified atom stereocenters. The van der Waals surface area contributed by atoms with E-state index in [9.17, 15) is 4.79 Å². The summed E-state index contributed by atoms with van der Waals surface area (Å²) in [6, 6.07) is 23.4. The van der Waals surface area contributed by atoms with Crippen molar-refractivity contribution in [1.29, 1.82) is 0 Å². The predicted octanol–water partition coefficient (Wildman–Crippen LogP) is 4.61. The van der Waals surface area contributed by atoms with Crippen molar-refractivity contribution in [1.82, 2.24) is 19.7 Å². The van der Waals surface area contributed by atoms with E-state index >= 15 is 0 Å². The highest BCUT2D eigenvalue weighted by Gasteiger charge is 2.16. The smallest absolute Gasteiger partial charge is 0.236 e. The Morgan fingerprint density at radius 2 is 1.74 bits per heavy atom. The quantitative estimate of drug-likeness (QED) is 0.250. The summed E-state index contributed by atoms with van der Waals surface area (Å²) in [5, 5.41) is 15.5. The van der Waals surface area contributed by atoms with Gasteiger partial charge < -0.3 is 10.6 Å². The van der Waals surface area contributed by atoms with Crippen molar-refractivity contribution in [3.8, 4) is 5.69 Å². The highest BCUT2D eigenvalue weighted by molar-refractivity contribution is 14.1. The van der Waals surface area contributed by atoms with Crippen LogP contribution in [0.3, 0.4) is 0 Å². The van der Waals surface area contributed by atoms with Crippen molar-refractivity contribution in [2.45, 2.75) is 11.7 Å². The van der Waals surface area contributed by atoms with Crippen molar-refractivity contribution in [3.05, 3.63) is 88.4 Å². The number of rotatable bonds is 8. The van der Waals surface area contributed by atoms with Gasteiger partial charge in [0.05, 0.1) is 12.3 Å². The van der Waals surface area contributed by atoms with Gasteiger partial charge in [0.25, 0.3) is 0 Å². The Hall–Kier alpha value is -2.92. The largest absolute Gasteiger partial charge is 0.378 e. The molecule has 31 heavy (non-hydrogen) atoms. The van der Waals surface area contributed by atoms with E-state index in [1.54, 1.807) is 18.3 Å². The SMILES string of the molecule is O=C(CSc1nnc(CNc2ccc(I)cc2)n1-c1ccccc1)Nc1ccccn1. The van der Waals surface area contributed by atoms with Crippen LogP contribution in [-0.2, 0) is 11.3 Å². The minimum Gasteiger partial charge on any atom is -0.378 e. The van der Waals surface area contributed by atoms with Crippen LogP contribution < -0.4 is 10.6 Å². The van der Waals surface area contributed by atoms with Gasteiger partial charge in [0.15, 0.2) is 11.0 Å². The molecular formula is C22H19IN6OS. The Balaban J connectivity index is 1.49. The summed E-state index contributed by atoms with van der Waals surface area (Å²) in [7, 11) is 0. The first-order valence-electron chi connectivity index (χ1n) is 9.52. The number of thioether (sulfide) groups is 1. The second-order valence-corrected chi connectivity index (χ2v) is 8.67. The molecule has 0 aliphatic heterocycles. The Bertz CT molecular complexity index is 1140. The molecule has 9 heteroatoms. The first-order chi connectivity index (χ1) is 15.2. The normalized spacial score (nSPS) is 10.6. The topological polar surface area (TPSA) is 84.7 Å². The molecule has 2 N–H and O–H groups in total. The summed E-state index contributed by atoms with van der Waals surface area (Å²) in [4.78, 5) is 16.5. The average molecular weight is 542 g/mol. The Morgan fingerprint density at radius 1 is 0.968 bits per heavy atom. The van der Waals surface area contributed by atoms with E-state index in [1.165, 1.54) is 15.3 Å². The molecule has 4 rings (SSSR count). The second kappa shape index (κ2) is 10.4. The Kier molecular flexibility index (Phi) is 7.15. The fourth-order valence-electron chi connectivity index (χ4n) is 2.84. The highest BCUT2D eigenvalue weighted by Crippen LogP contribution is 2.23. The van der Waals surface area contributed by atoms with Gasteiger partial charge in [-0.1, -0.05) is 36.0 Å². The number of nitrogens with zero attached hydrogens (tertiary/aromatic N) is 4. The molecule has 0 saturated heterocycles. The van der Waals surface area contributed by atoms with E-state index in [4.69, 9.17) is 0 Å². The number of para-hydroxylation sites is 1. The number of carbonyl (C=O) groups is 1. The molecule has 0 fully saturated rings. The molecule has 0 saturated carbocycles. The van der Waals surface area contributed by atoms with Crippen LogP contribution in [0.5, 0.6) is 0 Å². The molecule has 0 aliphatic rings. The van der Waals surface area contributed by atoms with Crippen LogP contribution >= 0.6 is 34.4 Å². The van der Waals surface area contributed by atoms with Gasteiger partial charge >= 0.3 is 0 Å². The number of amides is 1. The van der Waals surface area contributed by atoms with Crippen molar-refractivity contribution in [2.24, 2.45) is 0 Å². The lowest BCUT2D eigenvalue weighted by molar-refractivity contribution is -0.113. The minimum atomic E-state index is -0.148. The molecule has 2 aromatic heterocycles. The lowest BCUT2D eigenvalue weighted by Crippen LogP contribution is -2.15. The van der Waals surface area contributed by atoms with E-state index < -0.39 is 0 Å². The maximum atomic E-state index is 12.3. The van der Waals surface area contributed by atoms with Gasteiger partial charge in [-0.2, -0.15) is 0 Å². The molecule has 0 radical (unpaired) electrons. The Labute approximate surface area is 197 Å². The molecule has 0 atom stereocenters. The van der Waals surface area contributed by atoms with Crippen LogP contribution in [0.25, 0.3) is 5.69 Å². The molecule has 0 aliphatic carbocycles. The first-order valence-corrected chi connectivity index (χ1v) is 11.6. The van der Waals surface area contributed by atoms with Gasteiger partial charge in [0, 0.05) is 21.1 Å². The number of carbonyl (C=O) groups excluding carboxylic acids is 1. The van der Waals surface area contributed by atoms with Crippen molar-refractivity contribution < 1.29 is 4.79 Å². The van der Waals surface area contributed by atoms with Gasteiger partial charge in [-0.3, -0.25) is 9.36 Å². The van der Waals surface area contributed by atoms with Crippen molar-refractivity contribution in [3.63, 3.8) is 0 Å². The van der Waals surface area contributed by atoms with E-state index in [0.717, 1.165) is 17.2 Å². The third kappa shape index (κ3) is 5.82. The zero-order valence-corrected chi connectivity index (χ0v) is 19.4. The van der Waals surface area contributed by atoms with Crippen molar-refractivity contribution in [2.75, 3.05) is 16.4 Å². The molecule has 4 aromatic rings. The zero-order valence-electron chi connectivity index (χ0n) is 16.4. The van der Waals surface area contributed by atoms with Gasteiger partial charge in [0.1, 0.15) is 5.82 Å². The molecule has 7 nitrogen and oxygen atoms in total. The average Bonchev–Trinajstić information content (AvgIpc) is 3.21. The fourth-order valence-corrected chi connectivity index (χ4v) is 3.97. The van der Waals surface area contributed by atoms with Crippen LogP contribution in [0.4, 0.5) is 11.5 Å². The summed E-state index contributed by atoms with van der Waals surface area (Å²) >= 11 is 3.61. The number of hydrogen-bond donors (Lipinski definition) is 2. The highest BCUT2D eigenvalue weighted by atomic mass is 127. The summed E-state index contributed by atoms with van der Waals surface area (Å²) in [5.41, 5.74) is 1.95. The molecule has 1 amide bonds.